The first-order chi connectivity index (χ1) is 7.77. The summed E-state index contributed by atoms with van der Waals surface area (Å²) in [6, 6.07) is 9.71. The molecule has 0 fully saturated rings. The maximum atomic E-state index is 11.5. The largest absolute Gasteiger partial charge is 0.466 e. The van der Waals surface area contributed by atoms with Gasteiger partial charge in [-0.05, 0) is 31.0 Å². The maximum absolute atomic E-state index is 11.5. The van der Waals surface area contributed by atoms with E-state index in [0.29, 0.717) is 18.5 Å². The molecule has 0 amide bonds. The van der Waals surface area contributed by atoms with Gasteiger partial charge >= 0.3 is 5.97 Å². The van der Waals surface area contributed by atoms with Gasteiger partial charge in [-0.3, -0.25) is 0 Å². The van der Waals surface area contributed by atoms with Gasteiger partial charge in [0.15, 0.2) is 0 Å². The van der Waals surface area contributed by atoms with E-state index in [4.69, 9.17) is 10.5 Å². The molecule has 0 aliphatic rings. The number of hydrogen-bond acceptors (Lipinski definition) is 3. The normalized spacial score (nSPS) is 11.2. The highest BCUT2D eigenvalue weighted by molar-refractivity contribution is 5.93. The van der Waals surface area contributed by atoms with Crippen LogP contribution >= 0.6 is 0 Å². The number of rotatable bonds is 5. The molecule has 0 aliphatic heterocycles. The van der Waals surface area contributed by atoms with E-state index in [-0.39, 0.29) is 5.97 Å². The van der Waals surface area contributed by atoms with Crippen LogP contribution in [0.3, 0.4) is 0 Å². The van der Waals surface area contributed by atoms with E-state index >= 15 is 0 Å². The molecule has 86 valence electrons. The molecule has 2 N–H and O–H groups in total. The van der Waals surface area contributed by atoms with E-state index in [1.54, 1.807) is 0 Å². The number of benzene rings is 1. The zero-order valence-electron chi connectivity index (χ0n) is 9.48. The van der Waals surface area contributed by atoms with Gasteiger partial charge in [0.2, 0.25) is 0 Å². The Morgan fingerprint density at radius 2 is 2.06 bits per heavy atom. The lowest BCUT2D eigenvalue weighted by Crippen LogP contribution is -2.07. The van der Waals surface area contributed by atoms with Crippen molar-refractivity contribution in [2.24, 2.45) is 5.73 Å². The van der Waals surface area contributed by atoms with Gasteiger partial charge in [0, 0.05) is 5.57 Å². The van der Waals surface area contributed by atoms with Crippen molar-refractivity contribution in [2.75, 3.05) is 13.7 Å². The molecule has 0 heterocycles. The molecule has 0 saturated carbocycles. The highest BCUT2D eigenvalue weighted by atomic mass is 16.5. The van der Waals surface area contributed by atoms with Crippen molar-refractivity contribution >= 4 is 12.0 Å². The van der Waals surface area contributed by atoms with Crippen LogP contribution in [0.2, 0.25) is 0 Å². The fourth-order valence-electron chi connectivity index (χ4n) is 1.41. The monoisotopic (exact) mass is 219 g/mol. The predicted octanol–water partition coefficient (Wildman–Crippen LogP) is 1.98. The van der Waals surface area contributed by atoms with Gasteiger partial charge in [-0.25, -0.2) is 4.79 Å². The van der Waals surface area contributed by atoms with E-state index in [9.17, 15) is 4.79 Å². The Balaban J connectivity index is 2.83. The summed E-state index contributed by atoms with van der Waals surface area (Å²) in [7, 11) is 1.39. The molecule has 0 aromatic heterocycles. The van der Waals surface area contributed by atoms with Crippen molar-refractivity contribution in [3.8, 4) is 0 Å². The average molecular weight is 219 g/mol. The molecule has 16 heavy (non-hydrogen) atoms. The summed E-state index contributed by atoms with van der Waals surface area (Å²) in [5.41, 5.74) is 7.10. The minimum atomic E-state index is -0.280. The highest BCUT2D eigenvalue weighted by Crippen LogP contribution is 2.12. The maximum Gasteiger partial charge on any atom is 0.333 e. The first-order valence-electron chi connectivity index (χ1n) is 5.32. The molecule has 0 aliphatic carbocycles. The third-order valence-electron chi connectivity index (χ3n) is 2.24. The Kier molecular flexibility index (Phi) is 5.29. The van der Waals surface area contributed by atoms with Gasteiger partial charge in [0.05, 0.1) is 7.11 Å². The van der Waals surface area contributed by atoms with Crippen LogP contribution in [0.1, 0.15) is 18.4 Å². The zero-order chi connectivity index (χ0) is 11.8. The predicted molar refractivity (Wildman–Crippen MR) is 64.7 cm³/mol. The molecule has 0 saturated heterocycles. The smallest absolute Gasteiger partial charge is 0.333 e. The van der Waals surface area contributed by atoms with Crippen molar-refractivity contribution in [3.05, 3.63) is 41.5 Å². The Labute approximate surface area is 95.9 Å². The molecule has 0 bridgehead atoms. The summed E-state index contributed by atoms with van der Waals surface area (Å²) >= 11 is 0. The fraction of sp³-hybridized carbons (Fsp3) is 0.308. The summed E-state index contributed by atoms with van der Waals surface area (Å²) in [6.07, 6.45) is 3.29. The summed E-state index contributed by atoms with van der Waals surface area (Å²) in [4.78, 5) is 11.5. The van der Waals surface area contributed by atoms with Crippen molar-refractivity contribution in [2.45, 2.75) is 12.8 Å². The Hall–Kier alpha value is -1.61. The van der Waals surface area contributed by atoms with Crippen LogP contribution < -0.4 is 5.73 Å². The van der Waals surface area contributed by atoms with E-state index < -0.39 is 0 Å². The third kappa shape index (κ3) is 3.87. The lowest BCUT2D eigenvalue weighted by Gasteiger charge is -2.04. The standard InChI is InChI=1S/C13H17NO2/c1-16-13(15)12(8-5-9-14)10-11-6-3-2-4-7-11/h2-4,6-7,10H,5,8-9,14H2,1H3. The molecular formula is C13H17NO2. The highest BCUT2D eigenvalue weighted by Gasteiger charge is 2.08. The molecule has 0 radical (unpaired) electrons. The van der Waals surface area contributed by atoms with E-state index in [0.717, 1.165) is 12.0 Å². The second-order valence-electron chi connectivity index (χ2n) is 3.46. The molecule has 3 heteroatoms. The van der Waals surface area contributed by atoms with Crippen LogP contribution in [0.5, 0.6) is 0 Å². The van der Waals surface area contributed by atoms with E-state index in [1.165, 1.54) is 7.11 Å². The summed E-state index contributed by atoms with van der Waals surface area (Å²) in [6.45, 7) is 0.573. The molecule has 0 atom stereocenters. The number of ether oxygens (including phenoxy) is 1. The number of carbonyl (C=O) groups is 1. The number of nitrogens with two attached hydrogens (primary N) is 1. The number of esters is 1. The average Bonchev–Trinajstić information content (AvgIpc) is 2.34. The van der Waals surface area contributed by atoms with E-state index in [2.05, 4.69) is 0 Å². The molecule has 1 aromatic carbocycles. The summed E-state index contributed by atoms with van der Waals surface area (Å²) in [5, 5.41) is 0. The van der Waals surface area contributed by atoms with Crippen LogP contribution in [0.4, 0.5) is 0 Å². The lowest BCUT2D eigenvalue weighted by molar-refractivity contribution is -0.136. The van der Waals surface area contributed by atoms with Gasteiger partial charge in [-0.15, -0.1) is 0 Å². The number of methoxy groups -OCH3 is 1. The number of carbonyl (C=O) groups excluding carboxylic acids is 1. The first-order valence-corrected chi connectivity index (χ1v) is 5.32. The lowest BCUT2D eigenvalue weighted by atomic mass is 10.1. The van der Waals surface area contributed by atoms with Crippen molar-refractivity contribution in [3.63, 3.8) is 0 Å². The second-order valence-corrected chi connectivity index (χ2v) is 3.46. The molecule has 1 aromatic rings. The Morgan fingerprint density at radius 3 is 2.62 bits per heavy atom. The quantitative estimate of drug-likeness (QED) is 0.608. The summed E-state index contributed by atoms with van der Waals surface area (Å²) in [5.74, 6) is -0.280. The van der Waals surface area contributed by atoms with Crippen LogP contribution in [-0.4, -0.2) is 19.6 Å². The Morgan fingerprint density at radius 1 is 1.38 bits per heavy atom. The van der Waals surface area contributed by atoms with Crippen molar-refractivity contribution in [1.82, 2.24) is 0 Å². The van der Waals surface area contributed by atoms with Gasteiger partial charge in [0.1, 0.15) is 0 Å². The van der Waals surface area contributed by atoms with Gasteiger partial charge in [-0.2, -0.15) is 0 Å². The zero-order valence-corrected chi connectivity index (χ0v) is 9.48. The first kappa shape index (κ1) is 12.5. The molecule has 3 nitrogen and oxygen atoms in total. The SMILES string of the molecule is COC(=O)C(=Cc1ccccc1)CCCN. The van der Waals surface area contributed by atoms with Gasteiger partial charge in [0.25, 0.3) is 0 Å². The van der Waals surface area contributed by atoms with Crippen molar-refractivity contribution < 1.29 is 9.53 Å². The van der Waals surface area contributed by atoms with Crippen molar-refractivity contribution in [1.29, 1.82) is 0 Å². The van der Waals surface area contributed by atoms with Gasteiger partial charge < -0.3 is 10.5 Å². The molecule has 0 unspecified atom stereocenters. The fourth-order valence-corrected chi connectivity index (χ4v) is 1.41. The minimum absolute atomic E-state index is 0.280. The Bertz CT molecular complexity index is 357. The van der Waals surface area contributed by atoms with Crippen LogP contribution in [-0.2, 0) is 9.53 Å². The third-order valence-corrected chi connectivity index (χ3v) is 2.24. The van der Waals surface area contributed by atoms with E-state index in [1.807, 2.05) is 36.4 Å². The second kappa shape index (κ2) is 6.80. The topological polar surface area (TPSA) is 52.3 Å². The summed E-state index contributed by atoms with van der Waals surface area (Å²) < 4.78 is 4.73. The van der Waals surface area contributed by atoms with Crippen LogP contribution in [0.25, 0.3) is 6.08 Å². The molecule has 1 rings (SSSR count). The van der Waals surface area contributed by atoms with Crippen LogP contribution in [0, 0.1) is 0 Å². The number of hydrogen-bond donors (Lipinski definition) is 1. The van der Waals surface area contributed by atoms with Gasteiger partial charge in [-0.1, -0.05) is 30.3 Å². The molecular weight excluding hydrogens is 202 g/mol. The minimum Gasteiger partial charge on any atom is -0.466 e. The van der Waals surface area contributed by atoms with Crippen LogP contribution in [0.15, 0.2) is 35.9 Å². The molecule has 0 spiro atoms.